The van der Waals surface area contributed by atoms with Crippen LogP contribution in [0.3, 0.4) is 0 Å². The second kappa shape index (κ2) is 9.49. The van der Waals surface area contributed by atoms with E-state index >= 15 is 0 Å². The van der Waals surface area contributed by atoms with E-state index in [2.05, 4.69) is 52.1 Å². The van der Waals surface area contributed by atoms with Crippen molar-refractivity contribution in [2.75, 3.05) is 26.7 Å². The number of rotatable bonds is 6. The van der Waals surface area contributed by atoms with E-state index in [1.54, 1.807) is 0 Å². The predicted molar refractivity (Wildman–Crippen MR) is 122 cm³/mol. The normalized spacial score (nSPS) is 15.3. The van der Waals surface area contributed by atoms with Crippen LogP contribution in [0.5, 0.6) is 0 Å². The molecule has 156 valence electrons. The molecule has 1 amide bonds. The molecule has 5 nitrogen and oxygen atoms in total. The number of benzene rings is 1. The summed E-state index contributed by atoms with van der Waals surface area (Å²) in [6.45, 7) is 5.12. The number of pyridine rings is 1. The van der Waals surface area contributed by atoms with E-state index in [9.17, 15) is 4.79 Å². The molecule has 0 saturated carbocycles. The largest absolute Gasteiger partial charge is 0.337 e. The summed E-state index contributed by atoms with van der Waals surface area (Å²) in [5.41, 5.74) is 3.97. The molecular weight excluding hydrogens is 392 g/mol. The number of carbonyl (C=O) groups is 1. The smallest absolute Gasteiger partial charge is 0.273 e. The first kappa shape index (κ1) is 20.7. The lowest BCUT2D eigenvalue weighted by Crippen LogP contribution is -2.46. The fourth-order valence-electron chi connectivity index (χ4n) is 3.90. The van der Waals surface area contributed by atoms with Crippen LogP contribution < -0.4 is 0 Å². The minimum atomic E-state index is 0.0246. The monoisotopic (exact) mass is 420 g/mol. The molecule has 0 aliphatic carbocycles. The first-order chi connectivity index (χ1) is 14.6. The number of nitrogens with zero attached hydrogens (tertiary/aromatic N) is 4. The number of aryl methyl sites for hydroxylation is 1. The van der Waals surface area contributed by atoms with E-state index in [1.807, 2.05) is 35.7 Å². The van der Waals surface area contributed by atoms with Crippen molar-refractivity contribution in [1.29, 1.82) is 0 Å². The van der Waals surface area contributed by atoms with Crippen molar-refractivity contribution in [3.8, 4) is 10.6 Å². The highest BCUT2D eigenvalue weighted by Gasteiger charge is 2.27. The Morgan fingerprint density at radius 3 is 2.63 bits per heavy atom. The topological polar surface area (TPSA) is 49.3 Å². The van der Waals surface area contributed by atoms with Gasteiger partial charge in [-0.3, -0.25) is 9.78 Å². The number of hydrogen-bond donors (Lipinski definition) is 0. The maximum absolute atomic E-state index is 13.0. The van der Waals surface area contributed by atoms with Crippen LogP contribution in [0.4, 0.5) is 0 Å². The number of thiazole rings is 1. The van der Waals surface area contributed by atoms with E-state index < -0.39 is 0 Å². The van der Waals surface area contributed by atoms with Crippen molar-refractivity contribution in [2.24, 2.45) is 0 Å². The Morgan fingerprint density at radius 2 is 1.93 bits per heavy atom. The van der Waals surface area contributed by atoms with E-state index in [4.69, 9.17) is 0 Å². The summed E-state index contributed by atoms with van der Waals surface area (Å²) >= 11 is 1.53. The van der Waals surface area contributed by atoms with Crippen molar-refractivity contribution < 1.29 is 4.79 Å². The molecule has 0 radical (unpaired) electrons. The quantitative estimate of drug-likeness (QED) is 0.597. The maximum atomic E-state index is 13.0. The van der Waals surface area contributed by atoms with Crippen LogP contribution in [0.25, 0.3) is 10.6 Å². The van der Waals surface area contributed by atoms with Gasteiger partial charge in [-0.1, -0.05) is 35.9 Å². The van der Waals surface area contributed by atoms with Crippen molar-refractivity contribution >= 4 is 17.2 Å². The minimum Gasteiger partial charge on any atom is -0.337 e. The summed E-state index contributed by atoms with van der Waals surface area (Å²) in [7, 11) is 1.92. The Hall–Kier alpha value is -2.57. The summed E-state index contributed by atoms with van der Waals surface area (Å²) in [6.07, 6.45) is 4.82. The van der Waals surface area contributed by atoms with Gasteiger partial charge in [0.2, 0.25) is 0 Å². The zero-order valence-corrected chi connectivity index (χ0v) is 18.4. The van der Waals surface area contributed by atoms with Gasteiger partial charge in [-0.05, 0) is 31.9 Å². The molecule has 0 N–H and O–H groups in total. The molecule has 2 aromatic heterocycles. The Bertz CT molecular complexity index is 962. The average molecular weight is 421 g/mol. The number of amides is 1. The Morgan fingerprint density at radius 1 is 1.17 bits per heavy atom. The lowest BCUT2D eigenvalue weighted by Gasteiger charge is -2.36. The molecule has 4 rings (SSSR count). The Balaban J connectivity index is 1.30. The summed E-state index contributed by atoms with van der Waals surface area (Å²) in [5.74, 6) is 0.0246. The highest BCUT2D eigenvalue weighted by molar-refractivity contribution is 7.13. The van der Waals surface area contributed by atoms with Gasteiger partial charge in [-0.2, -0.15) is 0 Å². The zero-order valence-electron chi connectivity index (χ0n) is 17.6. The summed E-state index contributed by atoms with van der Waals surface area (Å²) < 4.78 is 0. The molecule has 3 aromatic rings. The van der Waals surface area contributed by atoms with Crippen LogP contribution in [-0.4, -0.2) is 58.4 Å². The third kappa shape index (κ3) is 4.94. The maximum Gasteiger partial charge on any atom is 0.273 e. The molecule has 1 aromatic carbocycles. The Labute approximate surface area is 182 Å². The van der Waals surface area contributed by atoms with Crippen LogP contribution in [-0.2, 0) is 6.42 Å². The molecule has 1 fully saturated rings. The fourth-order valence-corrected chi connectivity index (χ4v) is 4.70. The number of likely N-dealkylation sites (tertiary alicyclic amines) is 1. The highest BCUT2D eigenvalue weighted by Crippen LogP contribution is 2.25. The van der Waals surface area contributed by atoms with Crippen molar-refractivity contribution in [3.05, 3.63) is 71.0 Å². The highest BCUT2D eigenvalue weighted by atomic mass is 32.1. The molecule has 1 aliphatic heterocycles. The van der Waals surface area contributed by atoms with Crippen molar-refractivity contribution in [1.82, 2.24) is 19.8 Å². The molecule has 0 unspecified atom stereocenters. The molecule has 1 aliphatic rings. The molecular formula is C24H28N4OS. The Kier molecular flexibility index (Phi) is 6.55. The van der Waals surface area contributed by atoms with Crippen molar-refractivity contribution in [2.45, 2.75) is 32.2 Å². The van der Waals surface area contributed by atoms with Gasteiger partial charge in [0.05, 0.1) is 0 Å². The van der Waals surface area contributed by atoms with Crippen LogP contribution in [0, 0.1) is 6.92 Å². The fraction of sp³-hybridized carbons (Fsp3) is 0.375. The van der Waals surface area contributed by atoms with E-state index in [0.29, 0.717) is 5.69 Å². The number of aromatic nitrogens is 2. The lowest BCUT2D eigenvalue weighted by molar-refractivity contribution is 0.0638. The molecule has 6 heteroatoms. The molecule has 3 heterocycles. The van der Waals surface area contributed by atoms with Gasteiger partial charge in [-0.25, -0.2) is 4.98 Å². The summed E-state index contributed by atoms with van der Waals surface area (Å²) in [4.78, 5) is 26.4. The van der Waals surface area contributed by atoms with Crippen LogP contribution in [0.15, 0.2) is 54.0 Å². The molecule has 0 atom stereocenters. The first-order valence-electron chi connectivity index (χ1n) is 10.5. The van der Waals surface area contributed by atoms with Gasteiger partial charge in [-0.15, -0.1) is 11.3 Å². The van der Waals surface area contributed by atoms with E-state index in [1.165, 1.54) is 16.9 Å². The predicted octanol–water partition coefficient (Wildman–Crippen LogP) is 4.29. The number of carbonyl (C=O) groups excluding carboxylic acids is 1. The second-order valence-corrected chi connectivity index (χ2v) is 8.82. The standard InChI is InChI=1S/C24H28N4OS/c1-18-6-8-19(9-7-18)23-26-22(17-30-23)24(29)27(2)21-11-15-28(16-12-21)14-10-20-5-3-4-13-25-20/h3-9,13,17,21H,10-12,14-16H2,1-2H3. The van der Waals surface area contributed by atoms with Crippen LogP contribution in [0.1, 0.15) is 34.6 Å². The van der Waals surface area contributed by atoms with Crippen LogP contribution >= 0.6 is 11.3 Å². The zero-order chi connectivity index (χ0) is 20.9. The summed E-state index contributed by atoms with van der Waals surface area (Å²) in [6, 6.07) is 14.6. The molecule has 0 spiro atoms. The third-order valence-electron chi connectivity index (χ3n) is 5.86. The minimum absolute atomic E-state index is 0.0246. The summed E-state index contributed by atoms with van der Waals surface area (Å²) in [5, 5.41) is 2.78. The second-order valence-electron chi connectivity index (χ2n) is 7.96. The SMILES string of the molecule is Cc1ccc(-c2nc(C(=O)N(C)C3CCN(CCc4ccccn4)CC3)cs2)cc1. The molecule has 0 bridgehead atoms. The number of hydrogen-bond acceptors (Lipinski definition) is 5. The van der Waals surface area contributed by atoms with E-state index in [0.717, 1.165) is 55.2 Å². The van der Waals surface area contributed by atoms with E-state index in [-0.39, 0.29) is 11.9 Å². The van der Waals surface area contributed by atoms with Gasteiger partial charge in [0.15, 0.2) is 0 Å². The van der Waals surface area contributed by atoms with Gasteiger partial charge in [0.25, 0.3) is 5.91 Å². The third-order valence-corrected chi connectivity index (χ3v) is 6.75. The van der Waals surface area contributed by atoms with Gasteiger partial charge >= 0.3 is 0 Å². The van der Waals surface area contributed by atoms with Crippen molar-refractivity contribution in [3.63, 3.8) is 0 Å². The van der Waals surface area contributed by atoms with Gasteiger partial charge in [0, 0.05) is 62.0 Å². The lowest BCUT2D eigenvalue weighted by atomic mass is 10.0. The molecule has 30 heavy (non-hydrogen) atoms. The van der Waals surface area contributed by atoms with Crippen LogP contribution in [0.2, 0.25) is 0 Å². The molecule has 1 saturated heterocycles. The van der Waals surface area contributed by atoms with Gasteiger partial charge in [0.1, 0.15) is 10.7 Å². The first-order valence-corrected chi connectivity index (χ1v) is 11.4. The average Bonchev–Trinajstić information content (AvgIpc) is 3.28. The number of piperidine rings is 1. The van der Waals surface area contributed by atoms with Gasteiger partial charge < -0.3 is 9.80 Å².